The number of hydrogen-bond donors (Lipinski definition) is 0. The Kier molecular flexibility index (Phi) is 2.59. The van der Waals surface area contributed by atoms with Crippen LogP contribution in [0.3, 0.4) is 0 Å². The molecule has 1 heterocycles. The number of nitrogens with zero attached hydrogens (tertiary/aromatic N) is 2. The molecule has 0 aliphatic rings. The van der Waals surface area contributed by atoms with Crippen LogP contribution < -0.4 is 0 Å². The van der Waals surface area contributed by atoms with Crippen molar-refractivity contribution in [3.05, 3.63) is 17.5 Å². The fraction of sp³-hybridized carbons (Fsp3) is 0.286. The van der Waals surface area contributed by atoms with E-state index >= 15 is 0 Å². The lowest BCUT2D eigenvalue weighted by Gasteiger charge is -1.97. The van der Waals surface area contributed by atoms with Crippen molar-refractivity contribution in [2.24, 2.45) is 0 Å². The zero-order valence-corrected chi connectivity index (χ0v) is 7.18. The van der Waals surface area contributed by atoms with E-state index in [4.69, 9.17) is 0 Å². The van der Waals surface area contributed by atoms with Crippen LogP contribution in [0.25, 0.3) is 0 Å². The third kappa shape index (κ3) is 1.77. The number of carbonyl (C=O) groups is 1. The minimum absolute atomic E-state index is 0.476. The summed E-state index contributed by atoms with van der Waals surface area (Å²) in [5.41, 5.74) is 1.29. The maximum atomic E-state index is 10.4. The van der Waals surface area contributed by atoms with Crippen LogP contribution >= 0.6 is 11.8 Å². The molecule has 0 spiro atoms. The second kappa shape index (κ2) is 3.48. The van der Waals surface area contributed by atoms with Gasteiger partial charge in [-0.25, -0.2) is 9.97 Å². The van der Waals surface area contributed by atoms with Gasteiger partial charge in [0.1, 0.15) is 5.69 Å². The zero-order valence-electron chi connectivity index (χ0n) is 6.37. The van der Waals surface area contributed by atoms with Gasteiger partial charge in [-0.15, -0.1) is 0 Å². The number of aryl methyl sites for hydroxylation is 1. The molecule has 0 amide bonds. The van der Waals surface area contributed by atoms with E-state index in [0.717, 1.165) is 11.8 Å². The highest BCUT2D eigenvalue weighted by atomic mass is 32.2. The number of thioether (sulfide) groups is 1. The minimum Gasteiger partial charge on any atom is -0.296 e. The lowest BCUT2D eigenvalue weighted by Crippen LogP contribution is -1.95. The summed E-state index contributed by atoms with van der Waals surface area (Å²) in [6, 6.07) is 0. The van der Waals surface area contributed by atoms with Crippen molar-refractivity contribution in [2.75, 3.05) is 6.26 Å². The average Bonchev–Trinajstić information content (AvgIpc) is 2.05. The Morgan fingerprint density at radius 2 is 2.36 bits per heavy atom. The summed E-state index contributed by atoms with van der Waals surface area (Å²) in [4.78, 5) is 18.4. The highest BCUT2D eigenvalue weighted by Crippen LogP contribution is 2.09. The lowest BCUT2D eigenvalue weighted by molar-refractivity contribution is 0.111. The van der Waals surface area contributed by atoms with Gasteiger partial charge in [0, 0.05) is 6.20 Å². The number of rotatable bonds is 2. The van der Waals surface area contributed by atoms with Crippen LogP contribution in [0.5, 0.6) is 0 Å². The lowest BCUT2D eigenvalue weighted by atomic mass is 10.3. The highest BCUT2D eigenvalue weighted by Gasteiger charge is 2.00. The molecule has 0 radical (unpaired) electrons. The molecule has 0 fully saturated rings. The van der Waals surface area contributed by atoms with Gasteiger partial charge in [-0.2, -0.15) is 0 Å². The molecule has 0 aliphatic heterocycles. The molecule has 0 N–H and O–H groups in total. The van der Waals surface area contributed by atoms with E-state index in [0.29, 0.717) is 10.9 Å². The first-order valence-electron chi connectivity index (χ1n) is 3.10. The predicted molar refractivity (Wildman–Crippen MR) is 43.9 cm³/mol. The van der Waals surface area contributed by atoms with Crippen LogP contribution in [-0.4, -0.2) is 22.5 Å². The van der Waals surface area contributed by atoms with Gasteiger partial charge in [-0.3, -0.25) is 4.79 Å². The fourth-order valence-corrected chi connectivity index (χ4v) is 1.00. The smallest absolute Gasteiger partial charge is 0.187 e. The van der Waals surface area contributed by atoms with Gasteiger partial charge in [0.15, 0.2) is 11.4 Å². The van der Waals surface area contributed by atoms with Crippen LogP contribution in [-0.2, 0) is 0 Å². The molecule has 0 aliphatic carbocycles. The summed E-state index contributed by atoms with van der Waals surface area (Å²) in [5.74, 6) is 0. The predicted octanol–water partition coefficient (Wildman–Crippen LogP) is 1.32. The van der Waals surface area contributed by atoms with Gasteiger partial charge < -0.3 is 0 Å². The first-order valence-corrected chi connectivity index (χ1v) is 4.33. The van der Waals surface area contributed by atoms with Crippen molar-refractivity contribution in [1.29, 1.82) is 0 Å². The minimum atomic E-state index is 0.476. The summed E-state index contributed by atoms with van der Waals surface area (Å²) in [6.07, 6.45) is 4.28. The maximum Gasteiger partial charge on any atom is 0.187 e. The normalized spacial score (nSPS) is 9.64. The fourth-order valence-electron chi connectivity index (χ4n) is 0.656. The summed E-state index contributed by atoms with van der Waals surface area (Å²) in [5, 5.41) is 0.637. The molecular formula is C7H8N2OS. The molecule has 0 aromatic carbocycles. The highest BCUT2D eigenvalue weighted by molar-refractivity contribution is 7.98. The van der Waals surface area contributed by atoms with E-state index in [1.54, 1.807) is 6.20 Å². The van der Waals surface area contributed by atoms with Crippen molar-refractivity contribution in [3.63, 3.8) is 0 Å². The third-order valence-corrected chi connectivity index (χ3v) is 1.84. The Labute approximate surface area is 69.3 Å². The van der Waals surface area contributed by atoms with Crippen LogP contribution in [0.1, 0.15) is 16.1 Å². The van der Waals surface area contributed by atoms with Crippen LogP contribution in [0.15, 0.2) is 11.4 Å². The Hall–Kier alpha value is -0.900. The molecular weight excluding hydrogens is 160 g/mol. The summed E-state index contributed by atoms with van der Waals surface area (Å²) >= 11 is 1.43. The van der Waals surface area contributed by atoms with Gasteiger partial charge in [0.05, 0.1) is 0 Å². The molecule has 58 valence electrons. The standard InChI is InChI=1S/C7H8N2OS/c1-5-3-8-7(11-2)9-6(5)4-10/h3-4H,1-2H3. The zero-order chi connectivity index (χ0) is 8.27. The molecule has 11 heavy (non-hydrogen) atoms. The van der Waals surface area contributed by atoms with Crippen molar-refractivity contribution in [1.82, 2.24) is 9.97 Å². The SMILES string of the molecule is CSc1ncc(C)c(C=O)n1. The molecule has 0 saturated carbocycles. The van der Waals surface area contributed by atoms with E-state index in [2.05, 4.69) is 9.97 Å². The number of aromatic nitrogens is 2. The Balaban J connectivity index is 3.12. The molecule has 1 aromatic heterocycles. The largest absolute Gasteiger partial charge is 0.296 e. The van der Waals surface area contributed by atoms with Gasteiger partial charge in [0.2, 0.25) is 0 Å². The number of aldehydes is 1. The molecule has 3 nitrogen and oxygen atoms in total. The molecule has 1 rings (SSSR count). The molecule has 1 aromatic rings. The molecule has 0 bridgehead atoms. The number of hydrogen-bond acceptors (Lipinski definition) is 4. The van der Waals surface area contributed by atoms with Gasteiger partial charge >= 0.3 is 0 Å². The van der Waals surface area contributed by atoms with Crippen LogP contribution in [0, 0.1) is 6.92 Å². The Bertz CT molecular complexity index is 275. The first-order chi connectivity index (χ1) is 5.27. The number of carbonyl (C=O) groups excluding carboxylic acids is 1. The van der Waals surface area contributed by atoms with E-state index in [9.17, 15) is 4.79 Å². The summed E-state index contributed by atoms with van der Waals surface area (Å²) < 4.78 is 0. The monoisotopic (exact) mass is 168 g/mol. The van der Waals surface area contributed by atoms with E-state index < -0.39 is 0 Å². The quantitative estimate of drug-likeness (QED) is 0.379. The second-order valence-electron chi connectivity index (χ2n) is 2.04. The van der Waals surface area contributed by atoms with Gasteiger partial charge in [0.25, 0.3) is 0 Å². The van der Waals surface area contributed by atoms with Crippen molar-refractivity contribution < 1.29 is 4.79 Å². The van der Waals surface area contributed by atoms with Gasteiger partial charge in [-0.05, 0) is 18.7 Å². The Morgan fingerprint density at radius 1 is 1.64 bits per heavy atom. The summed E-state index contributed by atoms with van der Waals surface area (Å²) in [7, 11) is 0. The molecule has 4 heteroatoms. The van der Waals surface area contributed by atoms with Crippen LogP contribution in [0.4, 0.5) is 0 Å². The molecule has 0 atom stereocenters. The third-order valence-electron chi connectivity index (χ3n) is 1.28. The average molecular weight is 168 g/mol. The van der Waals surface area contributed by atoms with Crippen molar-refractivity contribution in [2.45, 2.75) is 12.1 Å². The molecule has 0 saturated heterocycles. The first kappa shape index (κ1) is 8.20. The van der Waals surface area contributed by atoms with Crippen LogP contribution in [0.2, 0.25) is 0 Å². The van der Waals surface area contributed by atoms with Crippen molar-refractivity contribution in [3.8, 4) is 0 Å². The van der Waals surface area contributed by atoms with E-state index in [-0.39, 0.29) is 0 Å². The van der Waals surface area contributed by atoms with Gasteiger partial charge in [-0.1, -0.05) is 11.8 Å². The topological polar surface area (TPSA) is 42.9 Å². The Morgan fingerprint density at radius 3 is 2.91 bits per heavy atom. The van der Waals surface area contributed by atoms with Crippen molar-refractivity contribution >= 4 is 18.0 Å². The molecule has 0 unspecified atom stereocenters. The maximum absolute atomic E-state index is 10.4. The van der Waals surface area contributed by atoms with E-state index in [1.165, 1.54) is 11.8 Å². The second-order valence-corrected chi connectivity index (χ2v) is 2.82. The summed E-state index contributed by atoms with van der Waals surface area (Å²) in [6.45, 7) is 1.81. The van der Waals surface area contributed by atoms with E-state index in [1.807, 2.05) is 13.2 Å².